The number of aryl methyl sites for hydroxylation is 2. The Morgan fingerprint density at radius 3 is 2.33 bits per heavy atom. The van der Waals surface area contributed by atoms with Crippen LogP contribution in [0.3, 0.4) is 0 Å². The molecule has 1 saturated carbocycles. The number of aliphatic hydroxyl groups excluding tert-OH is 1. The summed E-state index contributed by atoms with van der Waals surface area (Å²) in [5.41, 5.74) is 1.73. The Labute approximate surface area is 130 Å². The summed E-state index contributed by atoms with van der Waals surface area (Å²) in [5.74, 6) is -1.27. The van der Waals surface area contributed by atoms with E-state index in [0.29, 0.717) is 19.3 Å². The third-order valence-electron chi connectivity index (χ3n) is 4.44. The van der Waals surface area contributed by atoms with Crippen molar-refractivity contribution in [3.8, 4) is 0 Å². The Morgan fingerprint density at radius 1 is 1.33 bits per heavy atom. The van der Waals surface area contributed by atoms with Crippen molar-refractivity contribution in [2.75, 3.05) is 0 Å². The molecule has 0 bridgehead atoms. The van der Waals surface area contributed by atoms with Crippen molar-refractivity contribution in [1.82, 2.24) is 9.78 Å². The molecule has 21 heavy (non-hydrogen) atoms. The second-order valence-corrected chi connectivity index (χ2v) is 6.69. The van der Waals surface area contributed by atoms with E-state index in [9.17, 15) is 18.3 Å². The van der Waals surface area contributed by atoms with Crippen molar-refractivity contribution >= 4 is 15.9 Å². The van der Waals surface area contributed by atoms with Crippen molar-refractivity contribution in [2.24, 2.45) is 18.9 Å². The maximum absolute atomic E-state index is 12.6. The highest BCUT2D eigenvalue weighted by Gasteiger charge is 2.42. The molecule has 1 aliphatic rings. The second kappa shape index (κ2) is 6.28. The number of alkyl halides is 3. The van der Waals surface area contributed by atoms with Crippen LogP contribution in [-0.4, -0.2) is 27.2 Å². The van der Waals surface area contributed by atoms with Crippen LogP contribution >= 0.6 is 15.9 Å². The van der Waals surface area contributed by atoms with Crippen LogP contribution in [0, 0.1) is 18.8 Å². The minimum atomic E-state index is -4.10. The fraction of sp³-hybridized carbons (Fsp3) is 0.786. The molecule has 120 valence electrons. The van der Waals surface area contributed by atoms with Crippen LogP contribution in [0.2, 0.25) is 0 Å². The van der Waals surface area contributed by atoms with Gasteiger partial charge in [-0.3, -0.25) is 4.68 Å². The first kappa shape index (κ1) is 16.8. The number of hydrogen-bond acceptors (Lipinski definition) is 2. The molecule has 1 unspecified atom stereocenters. The average molecular weight is 369 g/mol. The smallest absolute Gasteiger partial charge is 0.391 e. The van der Waals surface area contributed by atoms with Gasteiger partial charge in [-0.25, -0.2) is 0 Å². The first-order valence-corrected chi connectivity index (χ1v) is 7.92. The molecule has 7 heteroatoms. The molecule has 1 heterocycles. The molecule has 0 amide bonds. The van der Waals surface area contributed by atoms with Crippen LogP contribution in [0.5, 0.6) is 0 Å². The first-order valence-electron chi connectivity index (χ1n) is 7.13. The van der Waals surface area contributed by atoms with Gasteiger partial charge in [-0.1, -0.05) is 0 Å². The van der Waals surface area contributed by atoms with E-state index in [1.54, 1.807) is 11.7 Å². The Kier molecular flexibility index (Phi) is 5.03. The number of aromatic nitrogens is 2. The monoisotopic (exact) mass is 368 g/mol. The number of hydrogen-bond donors (Lipinski definition) is 1. The molecule has 0 spiro atoms. The average Bonchev–Trinajstić information content (AvgIpc) is 2.64. The van der Waals surface area contributed by atoms with Gasteiger partial charge in [0, 0.05) is 13.5 Å². The lowest BCUT2D eigenvalue weighted by atomic mass is 9.78. The fourth-order valence-electron chi connectivity index (χ4n) is 3.10. The lowest BCUT2D eigenvalue weighted by molar-refractivity contribution is -0.185. The highest BCUT2D eigenvalue weighted by atomic mass is 79.9. The molecule has 1 aliphatic carbocycles. The SMILES string of the molecule is Cc1nn(C)c(CC(O)C2CCC(C(F)(F)F)CC2)c1Br. The van der Waals surface area contributed by atoms with Gasteiger partial charge in [0.1, 0.15) is 0 Å². The maximum Gasteiger partial charge on any atom is 0.391 e. The van der Waals surface area contributed by atoms with Crippen LogP contribution in [0.25, 0.3) is 0 Å². The molecule has 1 N–H and O–H groups in total. The topological polar surface area (TPSA) is 38.0 Å². The molecule has 3 nitrogen and oxygen atoms in total. The van der Waals surface area contributed by atoms with Crippen LogP contribution in [0.15, 0.2) is 4.47 Å². The first-order chi connectivity index (χ1) is 9.70. The van der Waals surface area contributed by atoms with Crippen molar-refractivity contribution in [2.45, 2.75) is 51.3 Å². The number of nitrogens with zero attached hydrogens (tertiary/aromatic N) is 2. The number of rotatable bonds is 3. The van der Waals surface area contributed by atoms with Crippen LogP contribution in [0.1, 0.15) is 37.1 Å². The zero-order valence-electron chi connectivity index (χ0n) is 12.1. The summed E-state index contributed by atoms with van der Waals surface area (Å²) in [5, 5.41) is 14.6. The molecular formula is C14H20BrF3N2O. The van der Waals surface area contributed by atoms with Gasteiger partial charge in [0.05, 0.1) is 27.9 Å². The molecule has 1 aromatic rings. The zero-order valence-corrected chi connectivity index (χ0v) is 13.7. The lowest BCUT2D eigenvalue weighted by Crippen LogP contribution is -2.33. The number of aliphatic hydroxyl groups is 1. The summed E-state index contributed by atoms with van der Waals surface area (Å²) >= 11 is 3.45. The third-order valence-corrected chi connectivity index (χ3v) is 5.47. The van der Waals surface area contributed by atoms with E-state index in [4.69, 9.17) is 0 Å². The van der Waals surface area contributed by atoms with Crippen molar-refractivity contribution in [3.63, 3.8) is 0 Å². The Morgan fingerprint density at radius 2 is 1.90 bits per heavy atom. The van der Waals surface area contributed by atoms with E-state index in [-0.39, 0.29) is 18.8 Å². The third kappa shape index (κ3) is 3.80. The minimum absolute atomic E-state index is 0.0642. The van der Waals surface area contributed by atoms with Gasteiger partial charge in [-0.05, 0) is 54.5 Å². The predicted molar refractivity (Wildman–Crippen MR) is 76.9 cm³/mol. The second-order valence-electron chi connectivity index (χ2n) is 5.89. The molecule has 1 fully saturated rings. The fourth-order valence-corrected chi connectivity index (χ4v) is 3.60. The molecular weight excluding hydrogens is 349 g/mol. The van der Waals surface area contributed by atoms with Crippen LogP contribution in [0.4, 0.5) is 13.2 Å². The van der Waals surface area contributed by atoms with Gasteiger partial charge >= 0.3 is 6.18 Å². The summed E-state index contributed by atoms with van der Waals surface area (Å²) in [6.45, 7) is 1.87. The summed E-state index contributed by atoms with van der Waals surface area (Å²) in [4.78, 5) is 0. The maximum atomic E-state index is 12.6. The van der Waals surface area contributed by atoms with Gasteiger partial charge < -0.3 is 5.11 Å². The van der Waals surface area contributed by atoms with E-state index in [1.807, 2.05) is 6.92 Å². The summed E-state index contributed by atoms with van der Waals surface area (Å²) in [6, 6.07) is 0. The normalized spacial score (nSPS) is 25.1. The lowest BCUT2D eigenvalue weighted by Gasteiger charge is -2.32. The van der Waals surface area contributed by atoms with Crippen molar-refractivity contribution in [1.29, 1.82) is 0 Å². The van der Waals surface area contributed by atoms with Gasteiger partial charge in [-0.15, -0.1) is 0 Å². The highest BCUT2D eigenvalue weighted by Crippen LogP contribution is 2.41. The minimum Gasteiger partial charge on any atom is -0.392 e. The van der Waals surface area contributed by atoms with E-state index < -0.39 is 18.2 Å². The van der Waals surface area contributed by atoms with E-state index in [2.05, 4.69) is 21.0 Å². The van der Waals surface area contributed by atoms with Gasteiger partial charge in [-0.2, -0.15) is 18.3 Å². The largest absolute Gasteiger partial charge is 0.392 e. The van der Waals surface area contributed by atoms with Crippen molar-refractivity contribution < 1.29 is 18.3 Å². The Balaban J connectivity index is 1.95. The van der Waals surface area contributed by atoms with Gasteiger partial charge in [0.2, 0.25) is 0 Å². The van der Waals surface area contributed by atoms with Crippen LogP contribution < -0.4 is 0 Å². The Bertz CT molecular complexity index is 493. The van der Waals surface area contributed by atoms with Crippen LogP contribution in [-0.2, 0) is 13.5 Å². The summed E-state index contributed by atoms with van der Waals surface area (Å²) in [7, 11) is 1.81. The number of halogens is 4. The van der Waals surface area contributed by atoms with E-state index in [0.717, 1.165) is 15.9 Å². The Hall–Kier alpha value is -0.560. The molecule has 0 saturated heterocycles. The van der Waals surface area contributed by atoms with Crippen molar-refractivity contribution in [3.05, 3.63) is 15.9 Å². The molecule has 0 aliphatic heterocycles. The summed E-state index contributed by atoms with van der Waals surface area (Å²) in [6.07, 6.45) is -3.20. The molecule has 0 aromatic carbocycles. The molecule has 1 aromatic heterocycles. The molecule has 0 radical (unpaired) electrons. The van der Waals surface area contributed by atoms with Gasteiger partial charge in [0.15, 0.2) is 0 Å². The standard InChI is InChI=1S/C14H20BrF3N2O/c1-8-13(15)11(20(2)19-8)7-12(21)9-3-5-10(6-4-9)14(16,17)18/h9-10,12,21H,3-7H2,1-2H3. The molecule has 1 atom stereocenters. The van der Waals surface area contributed by atoms with E-state index in [1.165, 1.54) is 0 Å². The molecule has 2 rings (SSSR count). The predicted octanol–water partition coefficient (Wildman–Crippen LogP) is 3.76. The van der Waals surface area contributed by atoms with Gasteiger partial charge in [0.25, 0.3) is 0 Å². The quantitative estimate of drug-likeness (QED) is 0.881. The highest BCUT2D eigenvalue weighted by molar-refractivity contribution is 9.10. The zero-order chi connectivity index (χ0) is 15.8. The van der Waals surface area contributed by atoms with E-state index >= 15 is 0 Å². The summed E-state index contributed by atoms with van der Waals surface area (Å²) < 4.78 is 40.5.